The lowest BCUT2D eigenvalue weighted by atomic mass is 9.65. The largest absolute Gasteiger partial charge is 0.480 e. The predicted octanol–water partition coefficient (Wildman–Crippen LogP) is 4.70. The Kier molecular flexibility index (Phi) is 6.13. The quantitative estimate of drug-likeness (QED) is 0.536. The molecule has 3 aliphatic rings. The number of hydrogen-bond acceptors (Lipinski definition) is 4. The van der Waals surface area contributed by atoms with Crippen molar-refractivity contribution >= 4 is 35.5 Å². The summed E-state index contributed by atoms with van der Waals surface area (Å²) >= 11 is 6.32. The Labute approximate surface area is 206 Å². The average Bonchev–Trinajstić information content (AvgIpc) is 3.48. The van der Waals surface area contributed by atoms with Gasteiger partial charge in [-0.3, -0.25) is 14.9 Å². The van der Waals surface area contributed by atoms with Crippen molar-refractivity contribution in [3.63, 3.8) is 0 Å². The number of nitrogens with zero attached hydrogens (tertiary/aromatic N) is 1. The van der Waals surface area contributed by atoms with E-state index in [1.807, 2.05) is 0 Å². The van der Waals surface area contributed by atoms with Gasteiger partial charge in [-0.1, -0.05) is 24.1 Å². The molecule has 0 aromatic heterocycles. The molecular formula is C26H25ClF2N2O4. The zero-order valence-electron chi connectivity index (χ0n) is 18.8. The third-order valence-electron chi connectivity index (χ3n) is 7.56. The van der Waals surface area contributed by atoms with Crippen LogP contribution in [0, 0.1) is 17.6 Å². The topological polar surface area (TPSA) is 86.7 Å². The second-order valence-electron chi connectivity index (χ2n) is 9.74. The zero-order valence-corrected chi connectivity index (χ0v) is 19.6. The molecule has 2 saturated carbocycles. The average molecular weight is 503 g/mol. The third kappa shape index (κ3) is 4.12. The molecule has 1 aliphatic heterocycles. The normalized spacial score (nSPS) is 24.9. The molecule has 184 valence electrons. The van der Waals surface area contributed by atoms with Crippen LogP contribution in [0.15, 0.2) is 36.4 Å². The summed E-state index contributed by atoms with van der Waals surface area (Å²) < 4.78 is 27.9. The molecular weight excluding hydrogens is 478 g/mol. The smallest absolute Gasteiger partial charge is 0.325 e. The summed E-state index contributed by atoms with van der Waals surface area (Å²) in [5.41, 5.74) is -0.681. The van der Waals surface area contributed by atoms with Gasteiger partial charge in [0.05, 0.1) is 0 Å². The molecule has 9 heteroatoms. The number of carboxylic acid groups (broad SMARTS) is 1. The zero-order chi connectivity index (χ0) is 24.9. The first kappa shape index (κ1) is 23.9. The first-order valence-corrected chi connectivity index (χ1v) is 12.2. The number of fused-ring (bicyclic) bond motifs is 2. The second-order valence-corrected chi connectivity index (χ2v) is 10.2. The summed E-state index contributed by atoms with van der Waals surface area (Å²) in [4.78, 5) is 39.8. The maximum atomic E-state index is 14.0. The molecule has 2 aromatic rings. The van der Waals surface area contributed by atoms with Crippen molar-refractivity contribution in [1.82, 2.24) is 5.32 Å². The summed E-state index contributed by atoms with van der Waals surface area (Å²) in [6.45, 7) is 0. The maximum absolute atomic E-state index is 14.0. The van der Waals surface area contributed by atoms with Crippen LogP contribution in [0.2, 0.25) is 5.02 Å². The molecule has 1 amide bonds. The number of rotatable bonds is 7. The first-order valence-electron chi connectivity index (χ1n) is 11.8. The number of aliphatic carboxylic acids is 1. The lowest BCUT2D eigenvalue weighted by molar-refractivity contribution is -0.148. The van der Waals surface area contributed by atoms with Crippen LogP contribution in [-0.2, 0) is 9.59 Å². The van der Waals surface area contributed by atoms with Crippen LogP contribution in [0.25, 0.3) is 0 Å². The molecule has 4 atom stereocenters. The fourth-order valence-corrected chi connectivity index (χ4v) is 6.23. The Morgan fingerprint density at radius 1 is 1.11 bits per heavy atom. The molecule has 1 heterocycles. The van der Waals surface area contributed by atoms with Gasteiger partial charge in [-0.2, -0.15) is 0 Å². The number of hydrogen-bond donors (Lipinski definition) is 2. The summed E-state index contributed by atoms with van der Waals surface area (Å²) in [6.07, 6.45) is 4.06. The number of carbonyl (C=O) groups is 3. The number of halogens is 3. The Morgan fingerprint density at radius 2 is 1.83 bits per heavy atom. The van der Waals surface area contributed by atoms with E-state index in [0.29, 0.717) is 41.5 Å². The number of anilines is 1. The summed E-state index contributed by atoms with van der Waals surface area (Å²) in [7, 11) is 0. The molecule has 2 fully saturated rings. The van der Waals surface area contributed by atoms with E-state index < -0.39 is 41.0 Å². The van der Waals surface area contributed by atoms with Crippen LogP contribution >= 0.6 is 11.6 Å². The lowest BCUT2D eigenvalue weighted by Gasteiger charge is -2.50. The van der Waals surface area contributed by atoms with Crippen molar-refractivity contribution in [3.8, 4) is 0 Å². The van der Waals surface area contributed by atoms with Gasteiger partial charge < -0.3 is 14.8 Å². The van der Waals surface area contributed by atoms with Crippen molar-refractivity contribution < 1.29 is 28.3 Å². The van der Waals surface area contributed by atoms with Crippen molar-refractivity contribution in [2.24, 2.45) is 5.92 Å². The van der Waals surface area contributed by atoms with Crippen LogP contribution in [0.1, 0.15) is 60.4 Å². The van der Waals surface area contributed by atoms with E-state index in [1.54, 1.807) is 18.2 Å². The van der Waals surface area contributed by atoms with Gasteiger partial charge in [0, 0.05) is 46.8 Å². The SMILES string of the molecule is O=CCC(NC1CC1)(C(=O)O)C1c2ccc(Cl)cc2N(C(=O)c2cc(F)cc(F)c2)C2CCCC21. The van der Waals surface area contributed by atoms with E-state index in [9.17, 15) is 28.3 Å². The molecule has 2 aromatic carbocycles. The number of benzene rings is 2. The fraction of sp³-hybridized carbons (Fsp3) is 0.423. The van der Waals surface area contributed by atoms with Crippen LogP contribution in [0.3, 0.4) is 0 Å². The van der Waals surface area contributed by atoms with Gasteiger partial charge in [0.25, 0.3) is 5.91 Å². The van der Waals surface area contributed by atoms with Crippen molar-refractivity contribution in [2.75, 3.05) is 4.90 Å². The van der Waals surface area contributed by atoms with E-state index in [4.69, 9.17) is 11.6 Å². The van der Waals surface area contributed by atoms with Crippen molar-refractivity contribution in [3.05, 3.63) is 64.2 Å². The molecule has 0 radical (unpaired) electrons. The van der Waals surface area contributed by atoms with Crippen LogP contribution < -0.4 is 10.2 Å². The summed E-state index contributed by atoms with van der Waals surface area (Å²) in [6, 6.07) is 7.24. The van der Waals surface area contributed by atoms with Gasteiger partial charge in [-0.05, 0) is 61.4 Å². The standard InChI is InChI=1S/C26H25ClF2N2O4/c27-15-4-7-20-22(12-15)31(24(33)14-10-16(28)13-17(29)11-14)21-3-1-2-19(21)23(20)26(8-9-32,25(34)35)30-18-5-6-18/h4,7,9-13,18-19,21,23,30H,1-3,5-6,8H2,(H,34,35). The summed E-state index contributed by atoms with van der Waals surface area (Å²) in [5, 5.41) is 14.1. The highest BCUT2D eigenvalue weighted by atomic mass is 35.5. The van der Waals surface area contributed by atoms with Gasteiger partial charge in [0.15, 0.2) is 0 Å². The molecule has 0 saturated heterocycles. The maximum Gasteiger partial charge on any atom is 0.325 e. The molecule has 2 N–H and O–H groups in total. The third-order valence-corrected chi connectivity index (χ3v) is 7.80. The van der Waals surface area contributed by atoms with Crippen molar-refractivity contribution in [1.29, 1.82) is 0 Å². The number of aldehydes is 1. The van der Waals surface area contributed by atoms with E-state index in [0.717, 1.165) is 31.4 Å². The van der Waals surface area contributed by atoms with Crippen LogP contribution in [0.5, 0.6) is 0 Å². The Balaban J connectivity index is 1.69. The van der Waals surface area contributed by atoms with E-state index >= 15 is 0 Å². The lowest BCUT2D eigenvalue weighted by Crippen LogP contribution is -2.62. The fourth-order valence-electron chi connectivity index (χ4n) is 6.06. The van der Waals surface area contributed by atoms with Gasteiger partial charge in [0.2, 0.25) is 0 Å². The molecule has 0 spiro atoms. The molecule has 5 rings (SSSR count). The molecule has 6 nitrogen and oxygen atoms in total. The number of amides is 1. The highest BCUT2D eigenvalue weighted by Gasteiger charge is 2.58. The second kappa shape index (κ2) is 8.99. The Morgan fingerprint density at radius 3 is 2.46 bits per heavy atom. The highest BCUT2D eigenvalue weighted by molar-refractivity contribution is 6.31. The molecule has 0 bridgehead atoms. The van der Waals surface area contributed by atoms with Gasteiger partial charge in [0.1, 0.15) is 23.5 Å². The predicted molar refractivity (Wildman–Crippen MR) is 126 cm³/mol. The monoisotopic (exact) mass is 502 g/mol. The van der Waals surface area contributed by atoms with E-state index in [2.05, 4.69) is 5.32 Å². The Hall–Kier alpha value is -2.84. The van der Waals surface area contributed by atoms with Crippen molar-refractivity contribution in [2.45, 2.75) is 62.1 Å². The van der Waals surface area contributed by atoms with Crippen LogP contribution in [-0.4, -0.2) is 40.9 Å². The minimum Gasteiger partial charge on any atom is -0.480 e. The number of carboxylic acids is 1. The van der Waals surface area contributed by atoms with Gasteiger partial charge in [-0.25, -0.2) is 8.78 Å². The minimum absolute atomic E-state index is 0.0107. The Bertz CT molecular complexity index is 1180. The summed E-state index contributed by atoms with van der Waals surface area (Å²) in [5.74, 6) is -4.27. The number of nitrogens with one attached hydrogen (secondary N) is 1. The van der Waals surface area contributed by atoms with E-state index in [1.165, 1.54) is 4.90 Å². The van der Waals surface area contributed by atoms with Gasteiger partial charge >= 0.3 is 5.97 Å². The molecule has 4 unspecified atom stereocenters. The first-order chi connectivity index (χ1) is 16.7. The van der Waals surface area contributed by atoms with Crippen LogP contribution in [0.4, 0.5) is 14.5 Å². The highest BCUT2D eigenvalue weighted by Crippen LogP contribution is 2.54. The molecule has 35 heavy (non-hydrogen) atoms. The van der Waals surface area contributed by atoms with Gasteiger partial charge in [-0.15, -0.1) is 0 Å². The van der Waals surface area contributed by atoms with E-state index in [-0.39, 0.29) is 23.9 Å². The minimum atomic E-state index is -1.54. The number of carbonyl (C=O) groups excluding carboxylic acids is 2. The molecule has 2 aliphatic carbocycles.